The highest BCUT2D eigenvalue weighted by Crippen LogP contribution is 2.56. The first-order chi connectivity index (χ1) is 30.2. The molecule has 2 nitrogen and oxygen atoms in total. The molecule has 0 bridgehead atoms. The summed E-state index contributed by atoms with van der Waals surface area (Å²) in [5, 5.41) is 4.77. The van der Waals surface area contributed by atoms with Gasteiger partial charge in [-0.2, -0.15) is 0 Å². The summed E-state index contributed by atoms with van der Waals surface area (Å²) in [7, 11) is 0. The second-order valence-electron chi connectivity index (χ2n) is 16.0. The summed E-state index contributed by atoms with van der Waals surface area (Å²) in [5.74, 6) is 0. The van der Waals surface area contributed by atoms with Crippen LogP contribution < -0.4 is 4.90 Å². The van der Waals surface area contributed by atoms with Crippen LogP contribution in [0.4, 0.5) is 17.1 Å². The average molecular weight is 778 g/mol. The molecule has 0 saturated heterocycles. The van der Waals surface area contributed by atoms with Gasteiger partial charge in [-0.3, -0.25) is 0 Å². The molecule has 0 amide bonds. The molecule has 0 fully saturated rings. The first-order valence-electron chi connectivity index (χ1n) is 21.0. The molecule has 1 aliphatic carbocycles. The Kier molecular flexibility index (Phi) is 8.11. The molecule has 0 unspecified atom stereocenters. The number of hydrogen-bond donors (Lipinski definition) is 0. The first kappa shape index (κ1) is 35.0. The Morgan fingerprint density at radius 2 is 0.803 bits per heavy atom. The minimum atomic E-state index is -0.458. The third-order valence-corrected chi connectivity index (χ3v) is 12.8. The smallest absolute Gasteiger partial charge is 0.136 e. The predicted molar refractivity (Wildman–Crippen MR) is 254 cm³/mol. The van der Waals surface area contributed by atoms with Crippen molar-refractivity contribution in [1.82, 2.24) is 0 Å². The summed E-state index contributed by atoms with van der Waals surface area (Å²) in [6.07, 6.45) is 0. The van der Waals surface area contributed by atoms with Crippen LogP contribution in [-0.4, -0.2) is 0 Å². The third kappa shape index (κ3) is 5.57. The molecule has 0 saturated carbocycles. The van der Waals surface area contributed by atoms with Crippen LogP contribution in [0.5, 0.6) is 0 Å². The summed E-state index contributed by atoms with van der Waals surface area (Å²) in [6, 6.07) is 86.0. The molecule has 2 heteroatoms. The van der Waals surface area contributed by atoms with Crippen molar-refractivity contribution in [3.05, 3.63) is 259 Å². The van der Waals surface area contributed by atoms with Gasteiger partial charge in [0.25, 0.3) is 0 Å². The maximum atomic E-state index is 6.27. The van der Waals surface area contributed by atoms with Gasteiger partial charge in [0.2, 0.25) is 0 Å². The van der Waals surface area contributed by atoms with Crippen LogP contribution in [0.15, 0.2) is 241 Å². The fourth-order valence-corrected chi connectivity index (χ4v) is 10.00. The SMILES string of the molecule is c1ccc(C2(c3ccc(N(c4ccc(-c5ccc6c(c5)oc5ccccc56)cc4)c4ccc(-c5cccc6ccccc56)cc4)cc3)c3ccccc3-c3ccccc32)cc1. The maximum absolute atomic E-state index is 6.27. The minimum absolute atomic E-state index is 0.458. The summed E-state index contributed by atoms with van der Waals surface area (Å²) in [6.45, 7) is 0. The van der Waals surface area contributed by atoms with Crippen LogP contribution in [0.25, 0.3) is 66.1 Å². The van der Waals surface area contributed by atoms with Gasteiger partial charge in [-0.1, -0.05) is 182 Å². The van der Waals surface area contributed by atoms with E-state index in [-0.39, 0.29) is 0 Å². The number of benzene rings is 10. The van der Waals surface area contributed by atoms with Gasteiger partial charge in [0, 0.05) is 27.8 Å². The van der Waals surface area contributed by atoms with E-state index >= 15 is 0 Å². The van der Waals surface area contributed by atoms with E-state index in [9.17, 15) is 0 Å². The average Bonchev–Trinajstić information content (AvgIpc) is 3.86. The molecule has 10 aromatic carbocycles. The summed E-state index contributed by atoms with van der Waals surface area (Å²) < 4.78 is 6.27. The van der Waals surface area contributed by atoms with E-state index in [0.717, 1.165) is 50.1 Å². The number of hydrogen-bond acceptors (Lipinski definition) is 2. The fourth-order valence-electron chi connectivity index (χ4n) is 10.00. The second kappa shape index (κ2) is 14.1. The molecule has 0 N–H and O–H groups in total. The first-order valence-corrected chi connectivity index (χ1v) is 21.0. The number of nitrogens with zero attached hydrogens (tertiary/aromatic N) is 1. The third-order valence-electron chi connectivity index (χ3n) is 12.8. The van der Waals surface area contributed by atoms with E-state index in [1.807, 2.05) is 12.1 Å². The van der Waals surface area contributed by atoms with Crippen molar-refractivity contribution in [3.63, 3.8) is 0 Å². The largest absolute Gasteiger partial charge is 0.456 e. The van der Waals surface area contributed by atoms with E-state index in [1.54, 1.807) is 0 Å². The maximum Gasteiger partial charge on any atom is 0.136 e. The van der Waals surface area contributed by atoms with Gasteiger partial charge in [-0.25, -0.2) is 0 Å². The van der Waals surface area contributed by atoms with Crippen molar-refractivity contribution in [1.29, 1.82) is 0 Å². The zero-order valence-electron chi connectivity index (χ0n) is 33.4. The second-order valence-corrected chi connectivity index (χ2v) is 16.0. The monoisotopic (exact) mass is 777 g/mol. The highest BCUT2D eigenvalue weighted by molar-refractivity contribution is 6.06. The van der Waals surface area contributed by atoms with E-state index in [1.165, 1.54) is 55.3 Å². The molecular weight excluding hydrogens is 739 g/mol. The Morgan fingerprint density at radius 3 is 1.51 bits per heavy atom. The highest BCUT2D eigenvalue weighted by atomic mass is 16.3. The van der Waals surface area contributed by atoms with Crippen molar-refractivity contribution in [2.75, 3.05) is 4.90 Å². The van der Waals surface area contributed by atoms with Crippen molar-refractivity contribution >= 4 is 49.8 Å². The topological polar surface area (TPSA) is 16.4 Å². The Hall–Kier alpha value is -7.94. The lowest BCUT2D eigenvalue weighted by atomic mass is 9.68. The van der Waals surface area contributed by atoms with Crippen molar-refractivity contribution in [2.24, 2.45) is 0 Å². The molecule has 1 aromatic heterocycles. The van der Waals surface area contributed by atoms with Crippen molar-refractivity contribution in [3.8, 4) is 33.4 Å². The Balaban J connectivity index is 0.980. The van der Waals surface area contributed by atoms with Crippen LogP contribution >= 0.6 is 0 Å². The number of fused-ring (bicyclic) bond motifs is 7. The number of para-hydroxylation sites is 1. The Morgan fingerprint density at radius 1 is 0.311 bits per heavy atom. The molecule has 61 heavy (non-hydrogen) atoms. The Bertz CT molecular complexity index is 3350. The highest BCUT2D eigenvalue weighted by Gasteiger charge is 2.45. The van der Waals surface area contributed by atoms with Crippen molar-refractivity contribution < 1.29 is 4.42 Å². The van der Waals surface area contributed by atoms with E-state index in [0.29, 0.717) is 0 Å². The molecule has 286 valence electrons. The van der Waals surface area contributed by atoms with Crippen LogP contribution in [0.3, 0.4) is 0 Å². The summed E-state index contributed by atoms with van der Waals surface area (Å²) >= 11 is 0. The normalized spacial score (nSPS) is 12.7. The minimum Gasteiger partial charge on any atom is -0.456 e. The van der Waals surface area contributed by atoms with Crippen molar-refractivity contribution in [2.45, 2.75) is 5.41 Å². The van der Waals surface area contributed by atoms with E-state index in [2.05, 4.69) is 229 Å². The fraction of sp³-hybridized carbons (Fsp3) is 0.0169. The zero-order valence-corrected chi connectivity index (χ0v) is 33.4. The molecule has 11 aromatic rings. The van der Waals surface area contributed by atoms with Crippen LogP contribution in [0.2, 0.25) is 0 Å². The Labute approximate surface area is 355 Å². The van der Waals surface area contributed by atoms with Gasteiger partial charge < -0.3 is 9.32 Å². The molecule has 0 radical (unpaired) electrons. The zero-order chi connectivity index (χ0) is 40.3. The molecule has 1 aliphatic rings. The summed E-state index contributed by atoms with van der Waals surface area (Å²) in [4.78, 5) is 2.37. The van der Waals surface area contributed by atoms with Crippen LogP contribution in [-0.2, 0) is 5.41 Å². The number of rotatable bonds is 7. The van der Waals surface area contributed by atoms with Gasteiger partial charge in [0.1, 0.15) is 11.2 Å². The van der Waals surface area contributed by atoms with Crippen LogP contribution in [0, 0.1) is 0 Å². The predicted octanol–water partition coefficient (Wildman–Crippen LogP) is 15.9. The van der Waals surface area contributed by atoms with Gasteiger partial charge >= 0.3 is 0 Å². The lowest BCUT2D eigenvalue weighted by molar-refractivity contribution is 0.669. The van der Waals surface area contributed by atoms with E-state index < -0.39 is 5.41 Å². The van der Waals surface area contributed by atoms with E-state index in [4.69, 9.17) is 4.42 Å². The lowest BCUT2D eigenvalue weighted by Crippen LogP contribution is -2.28. The lowest BCUT2D eigenvalue weighted by Gasteiger charge is -2.34. The molecule has 0 spiro atoms. The van der Waals surface area contributed by atoms with Gasteiger partial charge in [0.05, 0.1) is 5.41 Å². The van der Waals surface area contributed by atoms with Gasteiger partial charge in [0.15, 0.2) is 0 Å². The number of furan rings is 1. The quantitative estimate of drug-likeness (QED) is 0.160. The standard InChI is InChI=1S/C59H39NO/c1-2-15-44(16-3-1)59(55-22-9-6-18-51(55)52-19-7-10-23-56(52)59)45-30-36-48(37-31-45)60(47-34-27-42(28-35-47)50-21-12-14-41-13-4-5-17-49(41)50)46-32-25-40(26-33-46)43-29-38-54-53-20-8-11-24-57(53)61-58(54)39-43/h1-39H. The van der Waals surface area contributed by atoms with Gasteiger partial charge in [-0.15, -0.1) is 0 Å². The number of anilines is 3. The van der Waals surface area contributed by atoms with Gasteiger partial charge in [-0.05, 0) is 121 Å². The molecule has 12 rings (SSSR count). The van der Waals surface area contributed by atoms with Crippen LogP contribution in [0.1, 0.15) is 22.3 Å². The molecular formula is C59H39NO. The molecule has 0 aliphatic heterocycles. The molecule has 1 heterocycles. The molecule has 0 atom stereocenters. The summed E-state index contributed by atoms with van der Waals surface area (Å²) in [5.41, 5.74) is 17.0.